The topological polar surface area (TPSA) is 77.5 Å². The summed E-state index contributed by atoms with van der Waals surface area (Å²) >= 11 is 2.00. The molecule has 4 heterocycles. The van der Waals surface area contributed by atoms with E-state index in [9.17, 15) is 4.79 Å². The van der Waals surface area contributed by atoms with Crippen LogP contribution in [-0.2, 0) is 13.1 Å². The molecule has 1 saturated heterocycles. The summed E-state index contributed by atoms with van der Waals surface area (Å²) in [5, 5.41) is 4.99. The van der Waals surface area contributed by atoms with Crippen molar-refractivity contribution in [2.75, 3.05) is 31.7 Å². The fourth-order valence-corrected chi connectivity index (χ4v) is 4.79. The van der Waals surface area contributed by atoms with E-state index in [1.54, 1.807) is 11.7 Å². The number of nitrogens with zero attached hydrogens (tertiary/aromatic N) is 6. The fraction of sp³-hybridized carbons (Fsp3) is 0.364. The van der Waals surface area contributed by atoms with Gasteiger partial charge < -0.3 is 4.74 Å². The van der Waals surface area contributed by atoms with Crippen molar-refractivity contribution in [2.24, 2.45) is 0 Å². The van der Waals surface area contributed by atoms with Crippen LogP contribution in [0.25, 0.3) is 16.7 Å². The van der Waals surface area contributed by atoms with Crippen LogP contribution in [0.3, 0.4) is 0 Å². The standard InChI is InChI=1S/C21H22N6O2S.CH4/c1-29-17-4-2-15(3-5-17)13-26-19-18(20-23-14-24-27(20)21(26)28)10-16(11-22-19)12-25-6-8-30-9-7-25;/h2-5,10-11,14H,6-9,12-13H2,1H3;1H4. The quantitative estimate of drug-likeness (QED) is 0.474. The molecule has 5 rings (SSSR count). The molecular weight excluding hydrogens is 412 g/mol. The van der Waals surface area contributed by atoms with Crippen molar-refractivity contribution in [1.82, 2.24) is 29.0 Å². The normalized spacial score (nSPS) is 14.6. The van der Waals surface area contributed by atoms with Gasteiger partial charge in [0, 0.05) is 37.3 Å². The van der Waals surface area contributed by atoms with Crippen LogP contribution in [0, 0.1) is 0 Å². The van der Waals surface area contributed by atoms with Crippen LogP contribution >= 0.6 is 11.8 Å². The highest BCUT2D eigenvalue weighted by Gasteiger charge is 2.16. The zero-order valence-corrected chi connectivity index (χ0v) is 17.5. The zero-order valence-electron chi connectivity index (χ0n) is 16.7. The lowest BCUT2D eigenvalue weighted by atomic mass is 10.2. The lowest BCUT2D eigenvalue weighted by molar-refractivity contribution is 0.294. The van der Waals surface area contributed by atoms with E-state index in [0.717, 1.165) is 53.4 Å². The Morgan fingerprint density at radius 1 is 1.03 bits per heavy atom. The minimum Gasteiger partial charge on any atom is -0.497 e. The lowest BCUT2D eigenvalue weighted by Gasteiger charge is -2.26. The van der Waals surface area contributed by atoms with Crippen molar-refractivity contribution in [1.29, 1.82) is 0 Å². The maximum Gasteiger partial charge on any atom is 0.352 e. The summed E-state index contributed by atoms with van der Waals surface area (Å²) in [6, 6.07) is 9.77. The van der Waals surface area contributed by atoms with E-state index in [-0.39, 0.29) is 13.1 Å². The Morgan fingerprint density at radius 3 is 2.55 bits per heavy atom. The average molecular weight is 439 g/mol. The van der Waals surface area contributed by atoms with Gasteiger partial charge >= 0.3 is 5.69 Å². The minimum absolute atomic E-state index is 0. The summed E-state index contributed by atoms with van der Waals surface area (Å²) in [5.41, 5.74) is 3.02. The number of ether oxygens (including phenoxy) is 1. The SMILES string of the molecule is C.COc1ccc(Cn2c(=O)n3ncnc3c3cc(CN4CCSCC4)cnc32)cc1. The van der Waals surface area contributed by atoms with Gasteiger partial charge in [-0.15, -0.1) is 0 Å². The highest BCUT2D eigenvalue weighted by Crippen LogP contribution is 2.20. The van der Waals surface area contributed by atoms with Crippen molar-refractivity contribution in [3.8, 4) is 5.75 Å². The van der Waals surface area contributed by atoms with Crippen molar-refractivity contribution < 1.29 is 4.74 Å². The third-order valence-electron chi connectivity index (χ3n) is 5.39. The van der Waals surface area contributed by atoms with Gasteiger partial charge in [-0.2, -0.15) is 21.4 Å². The number of hydrogen-bond donors (Lipinski definition) is 0. The van der Waals surface area contributed by atoms with Gasteiger partial charge in [0.25, 0.3) is 0 Å². The number of methoxy groups -OCH3 is 1. The van der Waals surface area contributed by atoms with E-state index in [4.69, 9.17) is 9.72 Å². The van der Waals surface area contributed by atoms with Crippen LogP contribution in [0.1, 0.15) is 18.6 Å². The second-order valence-corrected chi connectivity index (χ2v) is 8.54. The number of thioether (sulfide) groups is 1. The molecule has 0 spiro atoms. The Morgan fingerprint density at radius 2 is 1.81 bits per heavy atom. The first-order chi connectivity index (χ1) is 14.7. The Kier molecular flexibility index (Phi) is 6.24. The van der Waals surface area contributed by atoms with E-state index in [0.29, 0.717) is 17.8 Å². The number of aromatic nitrogens is 5. The molecule has 162 valence electrons. The summed E-state index contributed by atoms with van der Waals surface area (Å²) in [5.74, 6) is 3.11. The molecule has 0 aliphatic carbocycles. The van der Waals surface area contributed by atoms with E-state index in [2.05, 4.69) is 21.0 Å². The van der Waals surface area contributed by atoms with Gasteiger partial charge in [-0.1, -0.05) is 19.6 Å². The zero-order chi connectivity index (χ0) is 20.5. The first-order valence-electron chi connectivity index (χ1n) is 9.87. The Labute approximate surface area is 184 Å². The molecule has 31 heavy (non-hydrogen) atoms. The van der Waals surface area contributed by atoms with Gasteiger partial charge in [0.15, 0.2) is 5.65 Å². The second-order valence-electron chi connectivity index (χ2n) is 7.32. The third kappa shape index (κ3) is 4.15. The summed E-state index contributed by atoms with van der Waals surface area (Å²) < 4.78 is 8.24. The van der Waals surface area contributed by atoms with Gasteiger partial charge in [0.1, 0.15) is 17.7 Å². The molecule has 1 fully saturated rings. The predicted octanol–water partition coefficient (Wildman–Crippen LogP) is 2.68. The molecule has 0 N–H and O–H groups in total. The van der Waals surface area contributed by atoms with Crippen molar-refractivity contribution >= 4 is 28.4 Å². The summed E-state index contributed by atoms with van der Waals surface area (Å²) in [6.07, 6.45) is 3.29. The van der Waals surface area contributed by atoms with Crippen LogP contribution < -0.4 is 10.4 Å². The monoisotopic (exact) mass is 438 g/mol. The van der Waals surface area contributed by atoms with E-state index in [1.807, 2.05) is 42.2 Å². The number of benzene rings is 1. The lowest BCUT2D eigenvalue weighted by Crippen LogP contribution is -2.32. The molecule has 0 amide bonds. The Bertz CT molecular complexity index is 1240. The molecule has 4 aromatic rings. The van der Waals surface area contributed by atoms with Gasteiger partial charge in [-0.3, -0.25) is 9.47 Å². The molecule has 1 aliphatic rings. The molecule has 0 radical (unpaired) electrons. The third-order valence-corrected chi connectivity index (χ3v) is 6.33. The van der Waals surface area contributed by atoms with E-state index in [1.165, 1.54) is 10.8 Å². The van der Waals surface area contributed by atoms with Gasteiger partial charge in [-0.05, 0) is 29.3 Å². The molecule has 9 heteroatoms. The van der Waals surface area contributed by atoms with Crippen molar-refractivity contribution in [3.63, 3.8) is 0 Å². The van der Waals surface area contributed by atoms with Crippen LogP contribution in [0.5, 0.6) is 5.75 Å². The van der Waals surface area contributed by atoms with E-state index >= 15 is 0 Å². The number of pyridine rings is 1. The molecule has 0 bridgehead atoms. The molecule has 0 unspecified atom stereocenters. The molecule has 0 atom stereocenters. The molecule has 8 nitrogen and oxygen atoms in total. The molecule has 3 aromatic heterocycles. The maximum atomic E-state index is 13.1. The second kappa shape index (κ2) is 9.07. The smallest absolute Gasteiger partial charge is 0.352 e. The highest BCUT2D eigenvalue weighted by atomic mass is 32.2. The fourth-order valence-electron chi connectivity index (χ4n) is 3.81. The average Bonchev–Trinajstić information content (AvgIpc) is 3.28. The largest absolute Gasteiger partial charge is 0.497 e. The van der Waals surface area contributed by atoms with Crippen molar-refractivity contribution in [2.45, 2.75) is 20.5 Å². The first kappa shape index (κ1) is 21.3. The maximum absolute atomic E-state index is 13.1. The molecular formula is C22H26N6O2S. The summed E-state index contributed by atoms with van der Waals surface area (Å²) in [6.45, 7) is 3.41. The van der Waals surface area contributed by atoms with Gasteiger partial charge in [0.05, 0.1) is 19.0 Å². The predicted molar refractivity (Wildman–Crippen MR) is 124 cm³/mol. The van der Waals surface area contributed by atoms with Crippen LogP contribution in [0.2, 0.25) is 0 Å². The highest BCUT2D eigenvalue weighted by molar-refractivity contribution is 7.99. The molecule has 1 aromatic carbocycles. The molecule has 1 aliphatic heterocycles. The van der Waals surface area contributed by atoms with Crippen LogP contribution in [0.4, 0.5) is 0 Å². The number of hydrogen-bond acceptors (Lipinski definition) is 7. The number of rotatable bonds is 5. The Hall–Kier alpha value is -2.91. The Balaban J connectivity index is 0.00000231. The van der Waals surface area contributed by atoms with Gasteiger partial charge in [-0.25, -0.2) is 14.8 Å². The van der Waals surface area contributed by atoms with E-state index < -0.39 is 0 Å². The van der Waals surface area contributed by atoms with Crippen LogP contribution in [-0.4, -0.2) is 60.8 Å². The minimum atomic E-state index is -0.251. The van der Waals surface area contributed by atoms with Gasteiger partial charge in [0.2, 0.25) is 0 Å². The number of fused-ring (bicyclic) bond motifs is 3. The van der Waals surface area contributed by atoms with Crippen molar-refractivity contribution in [3.05, 3.63) is 64.5 Å². The summed E-state index contributed by atoms with van der Waals surface area (Å²) in [7, 11) is 1.63. The van der Waals surface area contributed by atoms with Crippen LogP contribution in [0.15, 0.2) is 47.7 Å². The molecule has 0 saturated carbocycles. The summed E-state index contributed by atoms with van der Waals surface area (Å²) in [4.78, 5) is 24.5. The first-order valence-corrected chi connectivity index (χ1v) is 11.0.